The van der Waals surface area contributed by atoms with Crippen molar-refractivity contribution in [1.29, 1.82) is 0 Å². The van der Waals surface area contributed by atoms with Crippen molar-refractivity contribution in [3.8, 4) is 6.01 Å². The van der Waals surface area contributed by atoms with Crippen LogP contribution in [0, 0.1) is 0 Å². The Morgan fingerprint density at radius 1 is 1.33 bits per heavy atom. The van der Waals surface area contributed by atoms with E-state index in [9.17, 15) is 4.79 Å². The zero-order valence-corrected chi connectivity index (χ0v) is 15.2. The van der Waals surface area contributed by atoms with Crippen molar-refractivity contribution in [2.45, 2.75) is 12.5 Å². The molecule has 0 saturated carbocycles. The maximum absolute atomic E-state index is 12.7. The Kier molecular flexibility index (Phi) is 4.99. The number of amides is 1. The van der Waals surface area contributed by atoms with Gasteiger partial charge >= 0.3 is 6.01 Å². The number of halogens is 1. The van der Waals surface area contributed by atoms with Gasteiger partial charge in [-0.3, -0.25) is 4.79 Å². The first-order chi connectivity index (χ1) is 11.5. The van der Waals surface area contributed by atoms with Crippen LogP contribution in [-0.2, 0) is 0 Å². The molecule has 1 aromatic heterocycles. The van der Waals surface area contributed by atoms with Crippen LogP contribution in [-0.4, -0.2) is 54.1 Å². The molecule has 1 atom stereocenters. The Labute approximate surface area is 149 Å². The topological polar surface area (TPSA) is 58.6 Å². The van der Waals surface area contributed by atoms with Crippen molar-refractivity contribution in [2.24, 2.45) is 0 Å². The summed E-state index contributed by atoms with van der Waals surface area (Å²) in [6.45, 7) is 1.22. The van der Waals surface area contributed by atoms with E-state index in [1.807, 2.05) is 48.2 Å². The number of rotatable bonds is 4. The SMILES string of the molecule is CN(C)c1cccc(C(=O)N2CCC(Oc3ncc(Br)cn3)C2)c1. The molecule has 126 valence electrons. The first-order valence-electron chi connectivity index (χ1n) is 7.74. The summed E-state index contributed by atoms with van der Waals surface area (Å²) in [6.07, 6.45) is 3.99. The van der Waals surface area contributed by atoms with E-state index in [1.165, 1.54) is 0 Å². The molecule has 3 rings (SSSR count). The molecular weight excluding hydrogens is 372 g/mol. The molecule has 7 heteroatoms. The van der Waals surface area contributed by atoms with Crippen molar-refractivity contribution in [2.75, 3.05) is 32.1 Å². The lowest BCUT2D eigenvalue weighted by atomic mass is 10.1. The molecular formula is C17H19BrN4O2. The predicted molar refractivity (Wildman–Crippen MR) is 95.4 cm³/mol. The maximum atomic E-state index is 12.7. The second kappa shape index (κ2) is 7.17. The van der Waals surface area contributed by atoms with Crippen LogP contribution in [0.4, 0.5) is 5.69 Å². The van der Waals surface area contributed by atoms with Crippen LogP contribution in [0.1, 0.15) is 16.8 Å². The molecule has 1 aliphatic rings. The van der Waals surface area contributed by atoms with E-state index in [0.717, 1.165) is 16.6 Å². The van der Waals surface area contributed by atoms with E-state index in [-0.39, 0.29) is 12.0 Å². The fourth-order valence-corrected chi connectivity index (χ4v) is 2.82. The Hall–Kier alpha value is -2.15. The molecule has 0 bridgehead atoms. The van der Waals surface area contributed by atoms with Crippen LogP contribution in [0.2, 0.25) is 0 Å². The molecule has 2 heterocycles. The number of carbonyl (C=O) groups excluding carboxylic acids is 1. The Morgan fingerprint density at radius 3 is 2.79 bits per heavy atom. The second-order valence-corrected chi connectivity index (χ2v) is 6.82. The molecule has 1 aromatic carbocycles. The number of benzene rings is 1. The summed E-state index contributed by atoms with van der Waals surface area (Å²) in [5.74, 6) is 0.0292. The van der Waals surface area contributed by atoms with Crippen molar-refractivity contribution < 1.29 is 9.53 Å². The number of carbonyl (C=O) groups is 1. The van der Waals surface area contributed by atoms with Crippen molar-refractivity contribution >= 4 is 27.5 Å². The minimum Gasteiger partial charge on any atom is -0.458 e. The highest BCUT2D eigenvalue weighted by Gasteiger charge is 2.29. The highest BCUT2D eigenvalue weighted by molar-refractivity contribution is 9.10. The van der Waals surface area contributed by atoms with E-state index in [0.29, 0.717) is 24.7 Å². The third-order valence-electron chi connectivity index (χ3n) is 3.91. The molecule has 0 radical (unpaired) electrons. The van der Waals surface area contributed by atoms with Gasteiger partial charge in [0, 0.05) is 50.7 Å². The van der Waals surface area contributed by atoms with Crippen molar-refractivity contribution in [3.63, 3.8) is 0 Å². The summed E-state index contributed by atoms with van der Waals surface area (Å²) < 4.78 is 6.57. The molecule has 6 nitrogen and oxygen atoms in total. The molecule has 1 saturated heterocycles. The number of ether oxygens (including phenoxy) is 1. The van der Waals surface area contributed by atoms with E-state index < -0.39 is 0 Å². The highest BCUT2D eigenvalue weighted by atomic mass is 79.9. The molecule has 0 spiro atoms. The normalized spacial score (nSPS) is 17.0. The third-order valence-corrected chi connectivity index (χ3v) is 4.32. The first-order valence-corrected chi connectivity index (χ1v) is 8.53. The first kappa shape index (κ1) is 16.7. The Balaban J connectivity index is 1.63. The van der Waals surface area contributed by atoms with E-state index >= 15 is 0 Å². The fourth-order valence-electron chi connectivity index (χ4n) is 2.62. The highest BCUT2D eigenvalue weighted by Crippen LogP contribution is 2.20. The molecule has 0 N–H and O–H groups in total. The lowest BCUT2D eigenvalue weighted by Gasteiger charge is -2.18. The second-order valence-electron chi connectivity index (χ2n) is 5.91. The van der Waals surface area contributed by atoms with Gasteiger partial charge in [0.2, 0.25) is 0 Å². The van der Waals surface area contributed by atoms with E-state index in [4.69, 9.17) is 4.74 Å². The van der Waals surface area contributed by atoms with Crippen LogP contribution in [0.3, 0.4) is 0 Å². The zero-order valence-electron chi connectivity index (χ0n) is 13.6. The van der Waals surface area contributed by atoms with Gasteiger partial charge in [0.1, 0.15) is 6.10 Å². The van der Waals surface area contributed by atoms with Gasteiger partial charge in [-0.25, -0.2) is 9.97 Å². The van der Waals surface area contributed by atoms with E-state index in [2.05, 4.69) is 25.9 Å². The third kappa shape index (κ3) is 3.84. The van der Waals surface area contributed by atoms with Crippen LogP contribution in [0.25, 0.3) is 0 Å². The summed E-state index contributed by atoms with van der Waals surface area (Å²) in [4.78, 5) is 24.7. The Morgan fingerprint density at radius 2 is 2.08 bits per heavy atom. The minimum absolute atomic E-state index is 0.0292. The average Bonchev–Trinajstić information content (AvgIpc) is 3.05. The quantitative estimate of drug-likeness (QED) is 0.802. The number of likely N-dealkylation sites (tertiary alicyclic amines) is 1. The van der Waals surface area contributed by atoms with Crippen molar-refractivity contribution in [1.82, 2.24) is 14.9 Å². The van der Waals surface area contributed by atoms with Crippen molar-refractivity contribution in [3.05, 3.63) is 46.7 Å². The van der Waals surface area contributed by atoms with Gasteiger partial charge in [0.15, 0.2) is 0 Å². The molecule has 1 amide bonds. The fraction of sp³-hybridized carbons (Fsp3) is 0.353. The smallest absolute Gasteiger partial charge is 0.316 e. The lowest BCUT2D eigenvalue weighted by molar-refractivity contribution is 0.0769. The molecule has 1 unspecified atom stereocenters. The zero-order chi connectivity index (χ0) is 17.1. The molecule has 1 aliphatic heterocycles. The number of hydrogen-bond acceptors (Lipinski definition) is 5. The predicted octanol–water partition coefficient (Wildman–Crippen LogP) is 2.60. The van der Waals surface area contributed by atoms with Crippen LogP contribution < -0.4 is 9.64 Å². The number of nitrogens with zero attached hydrogens (tertiary/aromatic N) is 4. The van der Waals surface area contributed by atoms with Gasteiger partial charge in [0.25, 0.3) is 5.91 Å². The molecule has 2 aromatic rings. The van der Waals surface area contributed by atoms with Gasteiger partial charge in [-0.2, -0.15) is 0 Å². The maximum Gasteiger partial charge on any atom is 0.316 e. The number of anilines is 1. The summed E-state index contributed by atoms with van der Waals surface area (Å²) >= 11 is 3.29. The van der Waals surface area contributed by atoms with Gasteiger partial charge in [-0.05, 0) is 34.1 Å². The van der Waals surface area contributed by atoms with Crippen LogP contribution >= 0.6 is 15.9 Å². The van der Waals surface area contributed by atoms with Gasteiger partial charge in [-0.1, -0.05) is 6.07 Å². The van der Waals surface area contributed by atoms with E-state index in [1.54, 1.807) is 12.4 Å². The lowest BCUT2D eigenvalue weighted by Crippen LogP contribution is -2.31. The number of hydrogen-bond donors (Lipinski definition) is 0. The monoisotopic (exact) mass is 390 g/mol. The van der Waals surface area contributed by atoms with Gasteiger partial charge in [-0.15, -0.1) is 0 Å². The van der Waals surface area contributed by atoms with Crippen LogP contribution in [0.5, 0.6) is 6.01 Å². The number of aromatic nitrogens is 2. The molecule has 24 heavy (non-hydrogen) atoms. The Bertz CT molecular complexity index is 721. The van der Waals surface area contributed by atoms with Gasteiger partial charge < -0.3 is 14.5 Å². The molecule has 1 fully saturated rings. The van der Waals surface area contributed by atoms with Gasteiger partial charge in [0.05, 0.1) is 11.0 Å². The summed E-state index contributed by atoms with van der Waals surface area (Å²) in [6, 6.07) is 7.99. The summed E-state index contributed by atoms with van der Waals surface area (Å²) in [5, 5.41) is 0. The summed E-state index contributed by atoms with van der Waals surface area (Å²) in [7, 11) is 3.92. The molecule has 0 aliphatic carbocycles. The largest absolute Gasteiger partial charge is 0.458 e. The van der Waals surface area contributed by atoms with Crippen LogP contribution in [0.15, 0.2) is 41.1 Å². The average molecular weight is 391 g/mol. The standard InChI is InChI=1S/C17H19BrN4O2/c1-21(2)14-5-3-4-12(8-14)16(23)22-7-6-15(11-22)24-17-19-9-13(18)10-20-17/h3-5,8-10,15H,6-7,11H2,1-2H3. The summed E-state index contributed by atoms with van der Waals surface area (Å²) in [5.41, 5.74) is 1.71. The minimum atomic E-state index is -0.0767.